The molecular formula is C21H26N2O5. The fraction of sp³-hybridized carbons (Fsp3) is 0.429. The van der Waals surface area contributed by atoms with Crippen LogP contribution in [0.2, 0.25) is 0 Å². The molecule has 0 amide bonds. The van der Waals surface area contributed by atoms with E-state index in [4.69, 9.17) is 14.2 Å². The first-order valence-corrected chi connectivity index (χ1v) is 9.21. The van der Waals surface area contributed by atoms with Crippen molar-refractivity contribution in [3.05, 3.63) is 47.3 Å². The molecule has 1 fully saturated rings. The van der Waals surface area contributed by atoms with E-state index >= 15 is 0 Å². The molecule has 0 aliphatic carbocycles. The van der Waals surface area contributed by atoms with Gasteiger partial charge in [-0.2, -0.15) is 0 Å². The van der Waals surface area contributed by atoms with Gasteiger partial charge in [0.2, 0.25) is 0 Å². The molecule has 1 aromatic heterocycles. The standard InChI is InChI=1S/C21H26N2O5/c1-13-7-8-15(22-12-13)20(23-9-5-6-16(23)21(24)25)14-10-18(27-3)19(28-4)11-17(14)26-2/h7-8,10-12,16,20H,5-6,9H2,1-4H3,(H,24,25). The summed E-state index contributed by atoms with van der Waals surface area (Å²) >= 11 is 0. The van der Waals surface area contributed by atoms with Crippen LogP contribution in [0.3, 0.4) is 0 Å². The molecule has 1 aliphatic heterocycles. The summed E-state index contributed by atoms with van der Waals surface area (Å²) in [7, 11) is 4.73. The van der Waals surface area contributed by atoms with Crippen LogP contribution in [0.4, 0.5) is 0 Å². The minimum absolute atomic E-state index is 0.376. The van der Waals surface area contributed by atoms with E-state index in [0.717, 1.165) is 23.2 Å². The van der Waals surface area contributed by atoms with Crippen LogP contribution in [-0.4, -0.2) is 54.9 Å². The van der Waals surface area contributed by atoms with Gasteiger partial charge in [-0.3, -0.25) is 14.7 Å². The molecule has 1 aromatic carbocycles. The number of ether oxygens (including phenoxy) is 3. The summed E-state index contributed by atoms with van der Waals surface area (Å²) in [5, 5.41) is 9.74. The number of rotatable bonds is 7. The Labute approximate surface area is 164 Å². The first-order chi connectivity index (χ1) is 13.5. The Morgan fingerprint density at radius 2 is 1.82 bits per heavy atom. The number of likely N-dealkylation sites (tertiary alicyclic amines) is 1. The molecular weight excluding hydrogens is 360 g/mol. The van der Waals surface area contributed by atoms with E-state index in [1.807, 2.05) is 30.0 Å². The minimum Gasteiger partial charge on any atom is -0.496 e. The van der Waals surface area contributed by atoms with Gasteiger partial charge in [-0.05, 0) is 37.5 Å². The van der Waals surface area contributed by atoms with Crippen LogP contribution in [-0.2, 0) is 4.79 Å². The molecule has 0 spiro atoms. The normalized spacial score (nSPS) is 17.9. The van der Waals surface area contributed by atoms with Crippen LogP contribution in [0, 0.1) is 6.92 Å². The summed E-state index contributed by atoms with van der Waals surface area (Å²) in [6.45, 7) is 2.63. The number of carbonyl (C=O) groups is 1. The molecule has 150 valence electrons. The molecule has 7 nitrogen and oxygen atoms in total. The predicted molar refractivity (Wildman–Crippen MR) is 104 cm³/mol. The minimum atomic E-state index is -0.825. The smallest absolute Gasteiger partial charge is 0.320 e. The summed E-state index contributed by atoms with van der Waals surface area (Å²) in [5.41, 5.74) is 2.60. The molecule has 0 saturated carbocycles. The van der Waals surface area contributed by atoms with Gasteiger partial charge >= 0.3 is 5.97 Å². The third kappa shape index (κ3) is 3.75. The summed E-state index contributed by atoms with van der Waals surface area (Å²) < 4.78 is 16.5. The van der Waals surface area contributed by atoms with Crippen molar-refractivity contribution < 1.29 is 24.1 Å². The number of aryl methyl sites for hydroxylation is 1. The molecule has 0 radical (unpaired) electrons. The number of hydrogen-bond donors (Lipinski definition) is 1. The Hall–Kier alpha value is -2.80. The Balaban J connectivity index is 2.19. The van der Waals surface area contributed by atoms with Gasteiger partial charge in [0.25, 0.3) is 0 Å². The highest BCUT2D eigenvalue weighted by Gasteiger charge is 2.39. The largest absolute Gasteiger partial charge is 0.496 e. The number of hydrogen-bond acceptors (Lipinski definition) is 6. The zero-order valence-electron chi connectivity index (χ0n) is 16.6. The first kappa shape index (κ1) is 19.9. The molecule has 2 aromatic rings. The van der Waals surface area contributed by atoms with Crippen molar-refractivity contribution in [2.24, 2.45) is 0 Å². The number of benzene rings is 1. The molecule has 2 heterocycles. The second-order valence-corrected chi connectivity index (χ2v) is 6.85. The van der Waals surface area contributed by atoms with Crippen molar-refractivity contribution in [3.63, 3.8) is 0 Å². The summed E-state index contributed by atoms with van der Waals surface area (Å²) in [4.78, 5) is 18.5. The van der Waals surface area contributed by atoms with Crippen LogP contribution in [0.15, 0.2) is 30.5 Å². The fourth-order valence-electron chi connectivity index (χ4n) is 3.78. The Bertz CT molecular complexity index is 837. The van der Waals surface area contributed by atoms with E-state index in [9.17, 15) is 9.90 Å². The highest BCUT2D eigenvalue weighted by molar-refractivity contribution is 5.74. The number of carboxylic acid groups (broad SMARTS) is 1. The Kier molecular flexibility index (Phi) is 6.04. The predicted octanol–water partition coefficient (Wildman–Crippen LogP) is 3.05. The zero-order valence-corrected chi connectivity index (χ0v) is 16.6. The molecule has 2 atom stereocenters. The van der Waals surface area contributed by atoms with Gasteiger partial charge in [-0.25, -0.2) is 0 Å². The zero-order chi connectivity index (χ0) is 20.3. The number of nitrogens with zero attached hydrogens (tertiary/aromatic N) is 2. The summed E-state index contributed by atoms with van der Waals surface area (Å²) in [5.74, 6) is 0.881. The SMILES string of the molecule is COc1cc(OC)c(C(c2ccc(C)cn2)N2CCCC2C(=O)O)cc1OC. The molecule has 3 rings (SSSR count). The third-order valence-corrected chi connectivity index (χ3v) is 5.16. The van der Waals surface area contributed by atoms with Crippen LogP contribution < -0.4 is 14.2 Å². The van der Waals surface area contributed by atoms with Gasteiger partial charge in [0.05, 0.1) is 33.1 Å². The number of methoxy groups -OCH3 is 3. The molecule has 28 heavy (non-hydrogen) atoms. The van der Waals surface area contributed by atoms with E-state index in [1.54, 1.807) is 33.6 Å². The van der Waals surface area contributed by atoms with Gasteiger partial charge in [-0.1, -0.05) is 6.07 Å². The van der Waals surface area contributed by atoms with Gasteiger partial charge in [0.15, 0.2) is 11.5 Å². The quantitative estimate of drug-likeness (QED) is 0.783. The van der Waals surface area contributed by atoms with Gasteiger partial charge < -0.3 is 19.3 Å². The average Bonchev–Trinajstić information content (AvgIpc) is 3.18. The molecule has 1 saturated heterocycles. The van der Waals surface area contributed by atoms with Crippen molar-refractivity contribution in [1.82, 2.24) is 9.88 Å². The van der Waals surface area contributed by atoms with Crippen LogP contribution in [0.5, 0.6) is 17.2 Å². The number of aliphatic carboxylic acids is 1. The lowest BCUT2D eigenvalue weighted by Crippen LogP contribution is -2.39. The Morgan fingerprint density at radius 3 is 2.39 bits per heavy atom. The van der Waals surface area contributed by atoms with Crippen LogP contribution >= 0.6 is 0 Å². The van der Waals surface area contributed by atoms with E-state index in [0.29, 0.717) is 30.2 Å². The number of aromatic nitrogens is 1. The van der Waals surface area contributed by atoms with Crippen molar-refractivity contribution in [1.29, 1.82) is 0 Å². The molecule has 2 unspecified atom stereocenters. The highest BCUT2D eigenvalue weighted by atomic mass is 16.5. The molecule has 1 aliphatic rings. The van der Waals surface area contributed by atoms with Crippen molar-refractivity contribution in [2.75, 3.05) is 27.9 Å². The van der Waals surface area contributed by atoms with Crippen molar-refractivity contribution in [2.45, 2.75) is 31.8 Å². The maximum Gasteiger partial charge on any atom is 0.320 e. The third-order valence-electron chi connectivity index (χ3n) is 5.16. The molecule has 1 N–H and O–H groups in total. The van der Waals surface area contributed by atoms with E-state index < -0.39 is 12.0 Å². The van der Waals surface area contributed by atoms with E-state index in [-0.39, 0.29) is 6.04 Å². The van der Waals surface area contributed by atoms with E-state index in [1.165, 1.54) is 0 Å². The molecule has 7 heteroatoms. The van der Waals surface area contributed by atoms with Gasteiger partial charge in [0, 0.05) is 24.4 Å². The topological polar surface area (TPSA) is 81.1 Å². The lowest BCUT2D eigenvalue weighted by molar-refractivity contribution is -0.142. The lowest BCUT2D eigenvalue weighted by Gasteiger charge is -2.32. The monoisotopic (exact) mass is 386 g/mol. The van der Waals surface area contributed by atoms with E-state index in [2.05, 4.69) is 4.98 Å². The summed E-state index contributed by atoms with van der Waals surface area (Å²) in [6.07, 6.45) is 3.21. The second-order valence-electron chi connectivity index (χ2n) is 6.85. The summed E-state index contributed by atoms with van der Waals surface area (Å²) in [6, 6.07) is 6.58. The fourth-order valence-corrected chi connectivity index (χ4v) is 3.78. The van der Waals surface area contributed by atoms with Crippen LogP contribution in [0.1, 0.15) is 35.7 Å². The second kappa shape index (κ2) is 8.48. The first-order valence-electron chi connectivity index (χ1n) is 9.21. The Morgan fingerprint density at radius 1 is 1.14 bits per heavy atom. The average molecular weight is 386 g/mol. The number of pyridine rings is 1. The van der Waals surface area contributed by atoms with Crippen molar-refractivity contribution >= 4 is 5.97 Å². The van der Waals surface area contributed by atoms with Gasteiger partial charge in [-0.15, -0.1) is 0 Å². The molecule has 0 bridgehead atoms. The lowest BCUT2D eigenvalue weighted by atomic mass is 9.98. The van der Waals surface area contributed by atoms with Gasteiger partial charge in [0.1, 0.15) is 11.8 Å². The maximum atomic E-state index is 11.9. The van der Waals surface area contributed by atoms with Crippen molar-refractivity contribution in [3.8, 4) is 17.2 Å². The highest BCUT2D eigenvalue weighted by Crippen LogP contribution is 2.43. The maximum absolute atomic E-state index is 11.9. The number of carboxylic acids is 1. The van der Waals surface area contributed by atoms with Crippen LogP contribution in [0.25, 0.3) is 0 Å².